The second-order valence-corrected chi connectivity index (χ2v) is 5.27. The summed E-state index contributed by atoms with van der Waals surface area (Å²) in [5.41, 5.74) is 0. The maximum atomic E-state index is 11.7. The molecule has 18 heavy (non-hydrogen) atoms. The van der Waals surface area contributed by atoms with Crippen LogP contribution in [0.15, 0.2) is 17.5 Å². The summed E-state index contributed by atoms with van der Waals surface area (Å²) in [6.45, 7) is 2.64. The second-order valence-electron chi connectivity index (χ2n) is 4.24. The van der Waals surface area contributed by atoms with E-state index < -0.39 is 0 Å². The summed E-state index contributed by atoms with van der Waals surface area (Å²) >= 11 is 1.70. The van der Waals surface area contributed by atoms with E-state index in [2.05, 4.69) is 16.7 Å². The van der Waals surface area contributed by atoms with Crippen LogP contribution in [0.4, 0.5) is 0 Å². The fourth-order valence-electron chi connectivity index (χ4n) is 1.87. The third kappa shape index (κ3) is 4.12. The van der Waals surface area contributed by atoms with Crippen LogP contribution >= 0.6 is 11.3 Å². The first-order chi connectivity index (χ1) is 8.74. The molecule has 1 fully saturated rings. The van der Waals surface area contributed by atoms with E-state index in [1.165, 1.54) is 4.88 Å². The van der Waals surface area contributed by atoms with Crippen molar-refractivity contribution in [2.45, 2.75) is 6.42 Å². The molecule has 1 aromatic heterocycles. The zero-order valence-electron chi connectivity index (χ0n) is 10.1. The highest BCUT2D eigenvalue weighted by molar-refractivity contribution is 7.09. The lowest BCUT2D eigenvalue weighted by molar-refractivity contribution is -0.126. The molecule has 0 radical (unpaired) electrons. The lowest BCUT2D eigenvalue weighted by Gasteiger charge is -2.25. The van der Waals surface area contributed by atoms with Crippen LogP contribution in [-0.4, -0.2) is 49.4 Å². The highest BCUT2D eigenvalue weighted by atomic mass is 32.1. The number of rotatable bonds is 5. The number of carbonyl (C=O) groups is 2. The monoisotopic (exact) mass is 267 g/mol. The lowest BCUT2D eigenvalue weighted by Crippen LogP contribution is -2.50. The van der Waals surface area contributed by atoms with E-state index in [0.717, 1.165) is 13.0 Å². The lowest BCUT2D eigenvalue weighted by atomic mass is 10.3. The minimum atomic E-state index is -0.0127. The Morgan fingerprint density at radius 1 is 1.56 bits per heavy atom. The average Bonchev–Trinajstić information content (AvgIpc) is 2.82. The van der Waals surface area contributed by atoms with Crippen molar-refractivity contribution in [2.75, 3.05) is 32.7 Å². The Morgan fingerprint density at radius 2 is 2.44 bits per heavy atom. The molecule has 2 heterocycles. The van der Waals surface area contributed by atoms with Crippen molar-refractivity contribution in [1.29, 1.82) is 0 Å². The van der Waals surface area contributed by atoms with Gasteiger partial charge >= 0.3 is 0 Å². The van der Waals surface area contributed by atoms with Crippen LogP contribution in [0.1, 0.15) is 4.88 Å². The predicted octanol–water partition coefficient (Wildman–Crippen LogP) is -0.161. The molecule has 1 aliphatic heterocycles. The van der Waals surface area contributed by atoms with Crippen molar-refractivity contribution < 1.29 is 9.59 Å². The Morgan fingerprint density at radius 3 is 3.17 bits per heavy atom. The molecule has 0 atom stereocenters. The van der Waals surface area contributed by atoms with E-state index >= 15 is 0 Å². The first-order valence-electron chi connectivity index (χ1n) is 6.02. The molecule has 0 saturated carbocycles. The molecule has 2 rings (SSSR count). The minimum absolute atomic E-state index is 0.00682. The Kier molecular flexibility index (Phi) is 4.72. The van der Waals surface area contributed by atoms with Gasteiger partial charge in [0, 0.05) is 24.5 Å². The average molecular weight is 267 g/mol. The third-order valence-corrected chi connectivity index (χ3v) is 3.69. The van der Waals surface area contributed by atoms with Crippen LogP contribution in [0.25, 0.3) is 0 Å². The van der Waals surface area contributed by atoms with Gasteiger partial charge in [-0.3, -0.25) is 14.5 Å². The number of hydrogen-bond acceptors (Lipinski definition) is 4. The van der Waals surface area contributed by atoms with Gasteiger partial charge in [0.1, 0.15) is 0 Å². The van der Waals surface area contributed by atoms with Crippen molar-refractivity contribution in [3.8, 4) is 0 Å². The number of nitrogens with one attached hydrogen (secondary N) is 2. The first kappa shape index (κ1) is 13.0. The SMILES string of the molecule is O=C(CN1CCNC(=O)C1)NCCc1cccs1. The Bertz CT molecular complexity index is 405. The molecule has 1 aromatic rings. The summed E-state index contributed by atoms with van der Waals surface area (Å²) < 4.78 is 0. The molecule has 0 aromatic carbocycles. The highest BCUT2D eigenvalue weighted by Crippen LogP contribution is 2.07. The number of hydrogen-bond donors (Lipinski definition) is 2. The number of amides is 2. The number of carbonyl (C=O) groups excluding carboxylic acids is 2. The molecule has 98 valence electrons. The zero-order valence-corrected chi connectivity index (χ0v) is 11.0. The van der Waals surface area contributed by atoms with Gasteiger partial charge in [-0.2, -0.15) is 0 Å². The Hall–Kier alpha value is -1.40. The molecule has 0 aliphatic carbocycles. The van der Waals surface area contributed by atoms with E-state index in [1.807, 2.05) is 16.3 Å². The zero-order chi connectivity index (χ0) is 12.8. The molecule has 2 amide bonds. The largest absolute Gasteiger partial charge is 0.355 e. The molecule has 0 spiro atoms. The van der Waals surface area contributed by atoms with E-state index in [1.54, 1.807) is 11.3 Å². The summed E-state index contributed by atoms with van der Waals surface area (Å²) in [4.78, 5) is 25.9. The molecule has 0 bridgehead atoms. The van der Waals surface area contributed by atoms with Gasteiger partial charge < -0.3 is 10.6 Å². The number of thiophene rings is 1. The van der Waals surface area contributed by atoms with Gasteiger partial charge in [0.25, 0.3) is 0 Å². The van der Waals surface area contributed by atoms with Crippen LogP contribution in [0.3, 0.4) is 0 Å². The summed E-state index contributed by atoms with van der Waals surface area (Å²) in [5.74, 6) is -0.0195. The predicted molar refractivity (Wildman–Crippen MR) is 70.5 cm³/mol. The van der Waals surface area contributed by atoms with Crippen LogP contribution in [0.2, 0.25) is 0 Å². The van der Waals surface area contributed by atoms with E-state index in [4.69, 9.17) is 0 Å². The molecule has 0 unspecified atom stereocenters. The first-order valence-corrected chi connectivity index (χ1v) is 6.90. The molecule has 1 saturated heterocycles. The van der Waals surface area contributed by atoms with Crippen LogP contribution in [-0.2, 0) is 16.0 Å². The highest BCUT2D eigenvalue weighted by Gasteiger charge is 2.18. The Labute approximate surface area is 110 Å². The number of piperazine rings is 1. The smallest absolute Gasteiger partial charge is 0.234 e. The minimum Gasteiger partial charge on any atom is -0.355 e. The molecule has 1 aliphatic rings. The molecular weight excluding hydrogens is 250 g/mol. The van der Waals surface area contributed by atoms with Gasteiger partial charge in [0.05, 0.1) is 13.1 Å². The quantitative estimate of drug-likeness (QED) is 0.779. The summed E-state index contributed by atoms with van der Waals surface area (Å²) in [6.07, 6.45) is 0.865. The molecule has 6 heteroatoms. The van der Waals surface area contributed by atoms with Crippen molar-refractivity contribution in [3.05, 3.63) is 22.4 Å². The van der Waals surface area contributed by atoms with Crippen molar-refractivity contribution >= 4 is 23.2 Å². The van der Waals surface area contributed by atoms with Crippen molar-refractivity contribution in [3.63, 3.8) is 0 Å². The third-order valence-electron chi connectivity index (χ3n) is 2.76. The Balaban J connectivity index is 1.64. The van der Waals surface area contributed by atoms with Crippen LogP contribution < -0.4 is 10.6 Å². The van der Waals surface area contributed by atoms with Gasteiger partial charge in [-0.05, 0) is 17.9 Å². The van der Waals surface area contributed by atoms with Gasteiger partial charge in [0.15, 0.2) is 0 Å². The van der Waals surface area contributed by atoms with Gasteiger partial charge in [-0.15, -0.1) is 11.3 Å². The fourth-order valence-corrected chi connectivity index (χ4v) is 2.57. The normalized spacial score (nSPS) is 16.3. The van der Waals surface area contributed by atoms with Gasteiger partial charge in [-0.25, -0.2) is 0 Å². The van der Waals surface area contributed by atoms with E-state index in [9.17, 15) is 9.59 Å². The van der Waals surface area contributed by atoms with E-state index in [0.29, 0.717) is 26.2 Å². The topological polar surface area (TPSA) is 61.4 Å². The summed E-state index contributed by atoms with van der Waals surface area (Å²) in [5, 5.41) is 7.64. The maximum Gasteiger partial charge on any atom is 0.234 e. The van der Waals surface area contributed by atoms with E-state index in [-0.39, 0.29) is 11.8 Å². The van der Waals surface area contributed by atoms with Crippen molar-refractivity contribution in [1.82, 2.24) is 15.5 Å². The van der Waals surface area contributed by atoms with Gasteiger partial charge in [-0.1, -0.05) is 6.07 Å². The second kappa shape index (κ2) is 6.51. The summed E-state index contributed by atoms with van der Waals surface area (Å²) in [6, 6.07) is 4.07. The van der Waals surface area contributed by atoms with Crippen LogP contribution in [0, 0.1) is 0 Å². The standard InChI is InChI=1S/C12H17N3O2S/c16-11(8-15-6-5-14-12(17)9-15)13-4-3-10-2-1-7-18-10/h1-2,7H,3-6,8-9H2,(H,13,16)(H,14,17). The maximum absolute atomic E-state index is 11.7. The van der Waals surface area contributed by atoms with Crippen molar-refractivity contribution in [2.24, 2.45) is 0 Å². The molecule has 2 N–H and O–H groups in total. The summed E-state index contributed by atoms with van der Waals surface area (Å²) in [7, 11) is 0. The molecule has 5 nitrogen and oxygen atoms in total. The van der Waals surface area contributed by atoms with Crippen LogP contribution in [0.5, 0.6) is 0 Å². The number of nitrogens with zero attached hydrogens (tertiary/aromatic N) is 1. The fraction of sp³-hybridized carbons (Fsp3) is 0.500. The molecular formula is C12H17N3O2S. The van der Waals surface area contributed by atoms with Gasteiger partial charge in [0.2, 0.25) is 11.8 Å².